The van der Waals surface area contributed by atoms with Gasteiger partial charge in [-0.05, 0) is 31.2 Å². The molecule has 0 aliphatic heterocycles. The van der Waals surface area contributed by atoms with Crippen LogP contribution in [0.3, 0.4) is 0 Å². The Kier molecular flexibility index (Phi) is 5.93. The van der Waals surface area contributed by atoms with Gasteiger partial charge in [-0.25, -0.2) is 0 Å². The van der Waals surface area contributed by atoms with Gasteiger partial charge in [0.15, 0.2) is 0 Å². The van der Waals surface area contributed by atoms with Crippen LogP contribution in [-0.4, -0.2) is 36.0 Å². The van der Waals surface area contributed by atoms with Gasteiger partial charge in [0.25, 0.3) is 0 Å². The Bertz CT molecular complexity index is 1040. The van der Waals surface area contributed by atoms with Gasteiger partial charge in [0.1, 0.15) is 6.54 Å². The number of para-hydroxylation sites is 1. The second-order valence-electron chi connectivity index (χ2n) is 6.39. The van der Waals surface area contributed by atoms with Crippen LogP contribution in [0.2, 0.25) is 0 Å². The summed E-state index contributed by atoms with van der Waals surface area (Å²) in [6.07, 6.45) is 0.0297. The summed E-state index contributed by atoms with van der Waals surface area (Å²) in [5.74, 6) is -1.16. The maximum absolute atomic E-state index is 12.2. The van der Waals surface area contributed by atoms with E-state index >= 15 is 0 Å². The second-order valence-corrected chi connectivity index (χ2v) is 6.39. The lowest BCUT2D eigenvalue weighted by Gasteiger charge is -2.07. The van der Waals surface area contributed by atoms with E-state index in [9.17, 15) is 14.4 Å². The number of hydrogen-bond donors (Lipinski definition) is 2. The highest BCUT2D eigenvalue weighted by Gasteiger charge is 2.12. The van der Waals surface area contributed by atoms with Crippen molar-refractivity contribution in [2.24, 2.45) is 0 Å². The van der Waals surface area contributed by atoms with E-state index in [0.717, 1.165) is 28.4 Å². The fourth-order valence-corrected chi connectivity index (χ4v) is 3.25. The molecule has 2 amide bonds. The molecule has 0 fully saturated rings. The van der Waals surface area contributed by atoms with E-state index < -0.39 is 5.97 Å². The van der Waals surface area contributed by atoms with Gasteiger partial charge < -0.3 is 19.9 Å². The number of carbonyl (C=O) groups is 3. The van der Waals surface area contributed by atoms with Crippen molar-refractivity contribution in [2.75, 3.05) is 19.0 Å². The van der Waals surface area contributed by atoms with Crippen molar-refractivity contribution in [2.45, 2.75) is 26.3 Å². The van der Waals surface area contributed by atoms with Gasteiger partial charge in [0, 0.05) is 46.9 Å². The molecule has 0 spiro atoms. The molecule has 7 heteroatoms. The van der Waals surface area contributed by atoms with Crippen molar-refractivity contribution in [3.63, 3.8) is 0 Å². The van der Waals surface area contributed by atoms with Crippen molar-refractivity contribution < 1.29 is 19.1 Å². The summed E-state index contributed by atoms with van der Waals surface area (Å²) in [5.41, 5.74) is 2.96. The van der Waals surface area contributed by atoms with Crippen LogP contribution in [0.25, 0.3) is 21.8 Å². The molecule has 3 aromatic rings. The van der Waals surface area contributed by atoms with Gasteiger partial charge in [0.2, 0.25) is 11.8 Å². The van der Waals surface area contributed by atoms with Gasteiger partial charge in [0.05, 0.1) is 7.11 Å². The van der Waals surface area contributed by atoms with Gasteiger partial charge in [-0.15, -0.1) is 0 Å². The highest BCUT2D eigenvalue weighted by atomic mass is 16.5. The van der Waals surface area contributed by atoms with Crippen LogP contribution in [0.4, 0.5) is 5.69 Å². The maximum atomic E-state index is 12.2. The van der Waals surface area contributed by atoms with Gasteiger partial charge in [-0.3, -0.25) is 14.4 Å². The Morgan fingerprint density at radius 3 is 2.43 bits per heavy atom. The maximum Gasteiger partial charge on any atom is 0.325 e. The molecule has 0 atom stereocenters. The lowest BCUT2D eigenvalue weighted by Crippen LogP contribution is -2.30. The zero-order chi connectivity index (χ0) is 20.1. The quantitative estimate of drug-likeness (QED) is 0.616. The SMILES string of the molecule is CCn1c2ccccc2c2cc(NC(=O)CCC(=O)NCC(=O)OC)ccc21. The normalized spacial score (nSPS) is 10.8. The number of esters is 1. The molecule has 3 rings (SSSR count). The van der Waals surface area contributed by atoms with E-state index in [-0.39, 0.29) is 31.2 Å². The molecule has 0 radical (unpaired) electrons. The van der Waals surface area contributed by atoms with Crippen LogP contribution >= 0.6 is 0 Å². The number of benzene rings is 2. The fraction of sp³-hybridized carbons (Fsp3) is 0.286. The highest BCUT2D eigenvalue weighted by molar-refractivity contribution is 6.09. The van der Waals surface area contributed by atoms with Crippen LogP contribution in [0, 0.1) is 0 Å². The minimum atomic E-state index is -0.530. The Morgan fingerprint density at radius 1 is 0.964 bits per heavy atom. The average molecular weight is 381 g/mol. The van der Waals surface area contributed by atoms with Crippen molar-refractivity contribution in [3.8, 4) is 0 Å². The molecule has 28 heavy (non-hydrogen) atoms. The lowest BCUT2D eigenvalue weighted by molar-refractivity contribution is -0.141. The van der Waals surface area contributed by atoms with E-state index in [1.54, 1.807) is 0 Å². The Hall–Kier alpha value is -3.35. The third-order valence-corrected chi connectivity index (χ3v) is 4.61. The fourth-order valence-electron chi connectivity index (χ4n) is 3.25. The number of fused-ring (bicyclic) bond motifs is 3. The molecule has 146 valence electrons. The van der Waals surface area contributed by atoms with Crippen LogP contribution < -0.4 is 10.6 Å². The van der Waals surface area contributed by atoms with Crippen molar-refractivity contribution in [3.05, 3.63) is 42.5 Å². The smallest absolute Gasteiger partial charge is 0.325 e. The first-order valence-corrected chi connectivity index (χ1v) is 9.17. The van der Waals surface area contributed by atoms with Gasteiger partial charge in [-0.1, -0.05) is 18.2 Å². The molecule has 1 heterocycles. The Morgan fingerprint density at radius 2 is 1.68 bits per heavy atom. The van der Waals surface area contributed by atoms with E-state index in [2.05, 4.69) is 39.0 Å². The summed E-state index contributed by atoms with van der Waals surface area (Å²) >= 11 is 0. The third kappa shape index (κ3) is 4.14. The van der Waals surface area contributed by atoms with E-state index in [0.29, 0.717) is 5.69 Å². The van der Waals surface area contributed by atoms with Crippen LogP contribution in [0.15, 0.2) is 42.5 Å². The van der Waals surface area contributed by atoms with E-state index in [4.69, 9.17) is 0 Å². The monoisotopic (exact) mass is 381 g/mol. The predicted octanol–water partition coefficient (Wildman–Crippen LogP) is 2.82. The van der Waals surface area contributed by atoms with E-state index in [1.807, 2.05) is 30.3 Å². The Balaban J connectivity index is 1.67. The molecule has 0 bridgehead atoms. The number of anilines is 1. The van der Waals surface area contributed by atoms with Crippen LogP contribution in [-0.2, 0) is 25.7 Å². The van der Waals surface area contributed by atoms with Crippen molar-refractivity contribution >= 4 is 45.3 Å². The van der Waals surface area contributed by atoms with Gasteiger partial charge in [-0.2, -0.15) is 0 Å². The standard InChI is InChI=1S/C21H23N3O4/c1-3-24-17-7-5-4-6-15(17)16-12-14(8-9-18(16)24)23-20(26)11-10-19(25)22-13-21(27)28-2/h4-9,12H,3,10-11,13H2,1-2H3,(H,22,25)(H,23,26). The van der Waals surface area contributed by atoms with Crippen molar-refractivity contribution in [1.29, 1.82) is 0 Å². The van der Waals surface area contributed by atoms with E-state index in [1.165, 1.54) is 7.11 Å². The molecule has 0 saturated heterocycles. The highest BCUT2D eigenvalue weighted by Crippen LogP contribution is 2.30. The summed E-state index contributed by atoms with van der Waals surface area (Å²) in [4.78, 5) is 34.9. The molecule has 2 aromatic carbocycles. The lowest BCUT2D eigenvalue weighted by atomic mass is 10.1. The number of aromatic nitrogens is 1. The average Bonchev–Trinajstić information content (AvgIpc) is 3.03. The molecule has 0 aliphatic rings. The molecule has 7 nitrogen and oxygen atoms in total. The molecular weight excluding hydrogens is 358 g/mol. The Labute approximate surface area is 162 Å². The number of methoxy groups -OCH3 is 1. The largest absolute Gasteiger partial charge is 0.468 e. The molecular formula is C21H23N3O4. The number of aryl methyl sites for hydroxylation is 1. The second kappa shape index (κ2) is 8.56. The minimum Gasteiger partial charge on any atom is -0.468 e. The number of amides is 2. The number of nitrogens with one attached hydrogen (secondary N) is 2. The van der Waals surface area contributed by atoms with Crippen LogP contribution in [0.5, 0.6) is 0 Å². The zero-order valence-electron chi connectivity index (χ0n) is 16.0. The predicted molar refractivity (Wildman–Crippen MR) is 108 cm³/mol. The van der Waals surface area contributed by atoms with Gasteiger partial charge >= 0.3 is 5.97 Å². The number of hydrogen-bond acceptors (Lipinski definition) is 4. The zero-order valence-corrected chi connectivity index (χ0v) is 16.0. The first-order chi connectivity index (χ1) is 13.5. The summed E-state index contributed by atoms with van der Waals surface area (Å²) < 4.78 is 6.68. The summed E-state index contributed by atoms with van der Waals surface area (Å²) in [7, 11) is 1.25. The minimum absolute atomic E-state index is 0.000213. The number of nitrogens with zero attached hydrogens (tertiary/aromatic N) is 1. The number of ether oxygens (including phenoxy) is 1. The molecule has 2 N–H and O–H groups in total. The number of rotatable bonds is 7. The first kappa shape index (κ1) is 19.4. The first-order valence-electron chi connectivity index (χ1n) is 9.17. The summed E-state index contributed by atoms with van der Waals surface area (Å²) in [6, 6.07) is 14.0. The van der Waals surface area contributed by atoms with Crippen molar-refractivity contribution in [1.82, 2.24) is 9.88 Å². The molecule has 0 saturated carbocycles. The van der Waals surface area contributed by atoms with Crippen LogP contribution in [0.1, 0.15) is 19.8 Å². The summed E-state index contributed by atoms with van der Waals surface area (Å²) in [5, 5.41) is 7.46. The molecule has 0 aliphatic carbocycles. The third-order valence-electron chi connectivity index (χ3n) is 4.61. The molecule has 1 aromatic heterocycles. The number of carbonyl (C=O) groups excluding carboxylic acids is 3. The summed E-state index contributed by atoms with van der Waals surface area (Å²) in [6.45, 7) is 2.76. The molecule has 0 unspecified atom stereocenters. The topological polar surface area (TPSA) is 89.4 Å².